The predicted molar refractivity (Wildman–Crippen MR) is 142 cm³/mol. The van der Waals surface area contributed by atoms with E-state index in [-0.39, 0.29) is 6.61 Å². The zero-order valence-electron chi connectivity index (χ0n) is 20.3. The summed E-state index contributed by atoms with van der Waals surface area (Å²) in [7, 11) is 0. The van der Waals surface area contributed by atoms with Crippen molar-refractivity contribution in [2.75, 3.05) is 59.7 Å². The van der Waals surface area contributed by atoms with Crippen LogP contribution >= 0.6 is 11.9 Å². The molecule has 190 valence electrons. The molecule has 8 rings (SSSR count). The summed E-state index contributed by atoms with van der Waals surface area (Å²) in [5, 5.41) is 18.0. The van der Waals surface area contributed by atoms with Crippen molar-refractivity contribution in [3.8, 4) is 22.9 Å². The molecular weight excluding hydrogens is 476 g/mol. The van der Waals surface area contributed by atoms with Crippen LogP contribution in [-0.2, 0) is 4.74 Å². The Labute approximate surface area is 215 Å². The second-order valence-corrected chi connectivity index (χ2v) is 10.6. The van der Waals surface area contributed by atoms with E-state index in [1.165, 1.54) is 18.4 Å². The van der Waals surface area contributed by atoms with E-state index in [9.17, 15) is 0 Å². The fourth-order valence-electron chi connectivity index (χ4n) is 5.22. The van der Waals surface area contributed by atoms with Gasteiger partial charge in [-0.15, -0.1) is 10.2 Å². The lowest BCUT2D eigenvalue weighted by Crippen LogP contribution is -2.47. The lowest BCUT2D eigenvalue weighted by Gasteiger charge is -2.40. The lowest BCUT2D eigenvalue weighted by atomic mass is 9.94. The molecule has 2 aromatic heterocycles. The number of aliphatic hydroxyl groups is 1. The molecular formula is C26H32N6O3S. The van der Waals surface area contributed by atoms with E-state index in [2.05, 4.69) is 35.8 Å². The molecule has 0 aliphatic carbocycles. The highest BCUT2D eigenvalue weighted by molar-refractivity contribution is 8.00. The molecule has 2 N–H and O–H groups in total. The van der Waals surface area contributed by atoms with E-state index in [0.29, 0.717) is 29.6 Å². The summed E-state index contributed by atoms with van der Waals surface area (Å²) >= 11 is 1.49. The van der Waals surface area contributed by atoms with E-state index in [4.69, 9.17) is 14.3 Å². The van der Waals surface area contributed by atoms with Crippen LogP contribution in [-0.4, -0.2) is 71.5 Å². The van der Waals surface area contributed by atoms with Crippen LogP contribution in [0.2, 0.25) is 0 Å². The Morgan fingerprint density at radius 3 is 2.75 bits per heavy atom. The number of aliphatic hydroxyl groups excluding tert-OH is 1. The zero-order valence-corrected chi connectivity index (χ0v) is 21.1. The van der Waals surface area contributed by atoms with Crippen LogP contribution in [0.4, 0.5) is 17.2 Å². The minimum atomic E-state index is 0.135. The Balaban J connectivity index is 1.34. The fraction of sp³-hybridized carbons (Fsp3) is 0.500. The smallest absolute Gasteiger partial charge is 0.250 e. The third kappa shape index (κ3) is 5.02. The second-order valence-electron chi connectivity index (χ2n) is 9.69. The monoisotopic (exact) mass is 508 g/mol. The first-order valence-electron chi connectivity index (χ1n) is 12.8. The SMILES string of the molecule is OCCSNc1ccc2c(c1)N1CCC(CC1)OCCCC1CN(C1)c1cc(ccn1)-c1nnc-2o1. The predicted octanol–water partition coefficient (Wildman–Crippen LogP) is 4.07. The van der Waals surface area contributed by atoms with Gasteiger partial charge in [0.15, 0.2) is 0 Å². The molecule has 5 aliphatic rings. The number of anilines is 3. The Kier molecular flexibility index (Phi) is 6.98. The number of ether oxygens (including phenoxy) is 1. The summed E-state index contributed by atoms with van der Waals surface area (Å²) < 4.78 is 15.8. The summed E-state index contributed by atoms with van der Waals surface area (Å²) in [5.41, 5.74) is 3.85. The van der Waals surface area contributed by atoms with Crippen LogP contribution < -0.4 is 14.5 Å². The third-order valence-corrected chi connectivity index (χ3v) is 7.97. The number of piperidine rings is 1. The average molecular weight is 509 g/mol. The molecule has 36 heavy (non-hydrogen) atoms. The molecule has 0 amide bonds. The third-order valence-electron chi connectivity index (χ3n) is 7.20. The number of pyridine rings is 1. The molecule has 0 spiro atoms. The van der Waals surface area contributed by atoms with Crippen molar-refractivity contribution < 1.29 is 14.3 Å². The van der Waals surface area contributed by atoms with Crippen molar-refractivity contribution in [1.82, 2.24) is 15.2 Å². The van der Waals surface area contributed by atoms with Gasteiger partial charge in [-0.2, -0.15) is 0 Å². The molecule has 9 nitrogen and oxygen atoms in total. The molecule has 10 heteroatoms. The van der Waals surface area contributed by atoms with Gasteiger partial charge in [0, 0.05) is 56.0 Å². The van der Waals surface area contributed by atoms with Crippen LogP contribution in [0, 0.1) is 5.92 Å². The minimum absolute atomic E-state index is 0.135. The Morgan fingerprint density at radius 2 is 1.89 bits per heavy atom. The molecule has 0 atom stereocenters. The number of fused-ring (bicyclic) bond motifs is 1. The maximum atomic E-state index is 9.13. The van der Waals surface area contributed by atoms with Crippen LogP contribution in [0.5, 0.6) is 0 Å². The van der Waals surface area contributed by atoms with Crippen LogP contribution in [0.1, 0.15) is 25.7 Å². The van der Waals surface area contributed by atoms with Crippen LogP contribution in [0.15, 0.2) is 40.9 Å². The van der Waals surface area contributed by atoms with E-state index in [0.717, 1.165) is 80.4 Å². The summed E-state index contributed by atoms with van der Waals surface area (Å²) in [5.74, 6) is 3.29. The standard InChI is InChI=1S/C26H32N6O3S/c33-11-13-36-30-20-3-4-22-23(15-20)31-9-6-21(7-10-31)34-12-1-2-18-16-32(17-18)24-14-19(5-8-27-24)25-28-29-26(22)35-25/h3-5,8,14-15,18,21,30,33H,1-2,6-7,9-13,16-17H2. The lowest BCUT2D eigenvalue weighted by molar-refractivity contribution is 0.0328. The summed E-state index contributed by atoms with van der Waals surface area (Å²) in [6.07, 6.45) is 6.44. The average Bonchev–Trinajstić information content (AvgIpc) is 3.38. The number of nitrogens with zero attached hydrogens (tertiary/aromatic N) is 5. The summed E-state index contributed by atoms with van der Waals surface area (Å²) in [4.78, 5) is 9.28. The number of nitrogens with one attached hydrogen (secondary N) is 1. The minimum Gasteiger partial charge on any atom is -0.416 e. The Morgan fingerprint density at radius 1 is 1.03 bits per heavy atom. The van der Waals surface area contributed by atoms with Crippen LogP contribution in [0.3, 0.4) is 0 Å². The van der Waals surface area contributed by atoms with Gasteiger partial charge in [0.2, 0.25) is 11.8 Å². The largest absolute Gasteiger partial charge is 0.416 e. The molecule has 7 heterocycles. The van der Waals surface area contributed by atoms with Crippen LogP contribution in [0.25, 0.3) is 22.9 Å². The molecule has 5 aliphatic heterocycles. The molecule has 3 aromatic rings. The van der Waals surface area contributed by atoms with Crippen molar-refractivity contribution in [3.63, 3.8) is 0 Å². The fourth-order valence-corrected chi connectivity index (χ4v) is 5.70. The van der Waals surface area contributed by atoms with Crippen molar-refractivity contribution in [2.24, 2.45) is 5.92 Å². The first-order chi connectivity index (χ1) is 17.8. The number of hydrogen-bond donors (Lipinski definition) is 2. The van der Waals surface area contributed by atoms with Gasteiger partial charge in [-0.1, -0.05) is 11.9 Å². The Bertz CT molecular complexity index is 1180. The van der Waals surface area contributed by atoms with Gasteiger partial charge >= 0.3 is 0 Å². The zero-order chi connectivity index (χ0) is 24.3. The van der Waals surface area contributed by atoms with Gasteiger partial charge in [0.1, 0.15) is 5.82 Å². The highest BCUT2D eigenvalue weighted by atomic mass is 32.2. The van der Waals surface area contributed by atoms with Crippen molar-refractivity contribution in [3.05, 3.63) is 36.5 Å². The number of aromatic nitrogens is 3. The van der Waals surface area contributed by atoms with E-state index < -0.39 is 0 Å². The number of benzene rings is 1. The molecule has 0 saturated carbocycles. The normalized spacial score (nSPS) is 21.7. The second kappa shape index (κ2) is 10.7. The topological polar surface area (TPSA) is 99.8 Å². The summed E-state index contributed by atoms with van der Waals surface area (Å²) in [6, 6.07) is 10.2. The Hall–Kier alpha value is -2.82. The van der Waals surface area contributed by atoms with Gasteiger partial charge in [-0.25, -0.2) is 4.98 Å². The molecule has 0 radical (unpaired) electrons. The molecule has 2 saturated heterocycles. The van der Waals surface area contributed by atoms with Crippen molar-refractivity contribution >= 4 is 29.1 Å². The van der Waals surface area contributed by atoms with Crippen molar-refractivity contribution in [2.45, 2.75) is 31.8 Å². The van der Waals surface area contributed by atoms with E-state index in [1.807, 2.05) is 30.5 Å². The first-order valence-corrected chi connectivity index (χ1v) is 13.8. The van der Waals surface area contributed by atoms with E-state index in [1.54, 1.807) is 0 Å². The molecule has 2 fully saturated rings. The quantitative estimate of drug-likeness (QED) is 0.396. The number of rotatable bonds is 4. The first kappa shape index (κ1) is 23.6. The summed E-state index contributed by atoms with van der Waals surface area (Å²) in [6.45, 7) is 4.87. The highest BCUT2D eigenvalue weighted by Gasteiger charge is 2.29. The maximum Gasteiger partial charge on any atom is 0.250 e. The van der Waals surface area contributed by atoms with Gasteiger partial charge in [0.05, 0.1) is 24.0 Å². The van der Waals surface area contributed by atoms with E-state index >= 15 is 0 Å². The van der Waals surface area contributed by atoms with Gasteiger partial charge in [-0.3, -0.25) is 0 Å². The number of hydrogen-bond acceptors (Lipinski definition) is 10. The molecule has 8 bridgehead atoms. The highest BCUT2D eigenvalue weighted by Crippen LogP contribution is 2.37. The van der Waals surface area contributed by atoms with Gasteiger partial charge in [-0.05, 0) is 61.9 Å². The van der Waals surface area contributed by atoms with Crippen molar-refractivity contribution in [1.29, 1.82) is 0 Å². The van der Waals surface area contributed by atoms with Gasteiger partial charge in [0.25, 0.3) is 0 Å². The molecule has 0 unspecified atom stereocenters. The van der Waals surface area contributed by atoms with Gasteiger partial charge < -0.3 is 28.8 Å². The maximum absolute atomic E-state index is 9.13. The molecule has 1 aromatic carbocycles.